The average molecular weight is 338 g/mol. The molecule has 0 saturated carbocycles. The van der Waals surface area contributed by atoms with Gasteiger partial charge in [-0.2, -0.15) is 0 Å². The van der Waals surface area contributed by atoms with E-state index in [4.69, 9.17) is 4.84 Å². The Balaban J connectivity index is 1.63. The van der Waals surface area contributed by atoms with Crippen molar-refractivity contribution in [3.8, 4) is 0 Å². The van der Waals surface area contributed by atoms with Crippen LogP contribution in [0.25, 0.3) is 10.8 Å². The maximum atomic E-state index is 5.75. The standard InChI is InChI=1S/C23H18N2O/c1-2-10-19(11-3-1)23(22-15-6-7-16-24-22)25-26-17-20-13-8-12-18-9-4-5-14-21(18)20/h1-16H,17H2. The van der Waals surface area contributed by atoms with Crippen molar-refractivity contribution in [3.63, 3.8) is 0 Å². The van der Waals surface area contributed by atoms with Crippen molar-refractivity contribution in [1.82, 2.24) is 4.98 Å². The molecule has 0 saturated heterocycles. The minimum absolute atomic E-state index is 0.407. The summed E-state index contributed by atoms with van der Waals surface area (Å²) in [4.78, 5) is 10.2. The number of hydrogen-bond donors (Lipinski definition) is 0. The number of oxime groups is 1. The van der Waals surface area contributed by atoms with Gasteiger partial charge in [0.25, 0.3) is 0 Å². The lowest BCUT2D eigenvalue weighted by Crippen LogP contribution is -2.06. The number of hydrogen-bond acceptors (Lipinski definition) is 3. The second-order valence-electron chi connectivity index (χ2n) is 5.93. The lowest BCUT2D eigenvalue weighted by atomic mass is 10.1. The molecule has 0 aliphatic heterocycles. The Morgan fingerprint density at radius 2 is 1.54 bits per heavy atom. The van der Waals surface area contributed by atoms with Gasteiger partial charge in [0.05, 0.1) is 5.69 Å². The lowest BCUT2D eigenvalue weighted by molar-refractivity contribution is 0.131. The molecule has 0 unspecified atom stereocenters. The number of pyridine rings is 1. The second kappa shape index (κ2) is 7.62. The van der Waals surface area contributed by atoms with Crippen LogP contribution in [-0.2, 0) is 11.4 Å². The van der Waals surface area contributed by atoms with E-state index in [-0.39, 0.29) is 0 Å². The van der Waals surface area contributed by atoms with Crippen LogP contribution in [0.3, 0.4) is 0 Å². The van der Waals surface area contributed by atoms with Crippen LogP contribution < -0.4 is 0 Å². The molecule has 26 heavy (non-hydrogen) atoms. The summed E-state index contributed by atoms with van der Waals surface area (Å²) in [5.41, 5.74) is 3.60. The van der Waals surface area contributed by atoms with Gasteiger partial charge in [0, 0.05) is 11.8 Å². The van der Waals surface area contributed by atoms with Crippen LogP contribution in [0.15, 0.2) is 102 Å². The van der Waals surface area contributed by atoms with Crippen LogP contribution >= 0.6 is 0 Å². The summed E-state index contributed by atoms with van der Waals surface area (Å²) in [6, 6.07) is 30.3. The summed E-state index contributed by atoms with van der Waals surface area (Å²) in [5, 5.41) is 6.80. The molecular weight excluding hydrogens is 320 g/mol. The maximum absolute atomic E-state index is 5.75. The van der Waals surface area contributed by atoms with Gasteiger partial charge in [-0.05, 0) is 28.5 Å². The van der Waals surface area contributed by atoms with Crippen molar-refractivity contribution >= 4 is 16.5 Å². The Morgan fingerprint density at radius 3 is 2.38 bits per heavy atom. The summed E-state index contributed by atoms with van der Waals surface area (Å²) in [7, 11) is 0. The predicted molar refractivity (Wildman–Crippen MR) is 105 cm³/mol. The molecule has 4 rings (SSSR count). The third-order valence-electron chi connectivity index (χ3n) is 4.21. The van der Waals surface area contributed by atoms with Crippen molar-refractivity contribution in [2.45, 2.75) is 6.61 Å². The van der Waals surface area contributed by atoms with Crippen molar-refractivity contribution in [1.29, 1.82) is 0 Å². The van der Waals surface area contributed by atoms with Crippen molar-refractivity contribution in [2.24, 2.45) is 5.16 Å². The molecule has 0 amide bonds. The third-order valence-corrected chi connectivity index (χ3v) is 4.21. The van der Waals surface area contributed by atoms with Gasteiger partial charge in [-0.25, -0.2) is 0 Å². The zero-order valence-electron chi connectivity index (χ0n) is 14.2. The summed E-state index contributed by atoms with van der Waals surface area (Å²) < 4.78 is 0. The van der Waals surface area contributed by atoms with Gasteiger partial charge in [0.1, 0.15) is 12.3 Å². The van der Waals surface area contributed by atoms with E-state index in [2.05, 4.69) is 34.4 Å². The van der Waals surface area contributed by atoms with Gasteiger partial charge in [0.15, 0.2) is 0 Å². The number of nitrogens with zero attached hydrogens (tertiary/aromatic N) is 2. The van der Waals surface area contributed by atoms with Gasteiger partial charge >= 0.3 is 0 Å². The predicted octanol–water partition coefficient (Wildman–Crippen LogP) is 5.20. The Kier molecular flexibility index (Phi) is 4.70. The zero-order valence-corrected chi connectivity index (χ0v) is 14.2. The molecule has 3 heteroatoms. The maximum Gasteiger partial charge on any atom is 0.142 e. The highest BCUT2D eigenvalue weighted by atomic mass is 16.6. The fourth-order valence-electron chi connectivity index (χ4n) is 2.93. The first-order valence-electron chi connectivity index (χ1n) is 8.55. The molecule has 0 fully saturated rings. The molecular formula is C23H18N2O. The van der Waals surface area contributed by atoms with Crippen LogP contribution in [0.2, 0.25) is 0 Å². The summed E-state index contributed by atoms with van der Waals surface area (Å²) >= 11 is 0. The van der Waals surface area contributed by atoms with Gasteiger partial charge in [0.2, 0.25) is 0 Å². The van der Waals surface area contributed by atoms with Crippen LogP contribution in [0.5, 0.6) is 0 Å². The van der Waals surface area contributed by atoms with Crippen molar-refractivity contribution < 1.29 is 4.84 Å². The molecule has 0 radical (unpaired) electrons. The van der Waals surface area contributed by atoms with E-state index >= 15 is 0 Å². The van der Waals surface area contributed by atoms with Crippen molar-refractivity contribution in [2.75, 3.05) is 0 Å². The fourth-order valence-corrected chi connectivity index (χ4v) is 2.93. The molecule has 1 aromatic heterocycles. The van der Waals surface area contributed by atoms with Crippen molar-refractivity contribution in [3.05, 3.63) is 114 Å². The van der Waals surface area contributed by atoms with Gasteiger partial charge in [-0.1, -0.05) is 84.0 Å². The SMILES string of the molecule is c1ccc(C(=NOCc2cccc3ccccc23)c2ccccn2)cc1. The Morgan fingerprint density at radius 1 is 0.769 bits per heavy atom. The Bertz CT molecular complexity index is 981. The van der Waals surface area contributed by atoms with E-state index < -0.39 is 0 Å². The molecule has 0 atom stereocenters. The van der Waals surface area contributed by atoms with E-state index in [0.29, 0.717) is 6.61 Å². The molecule has 0 N–H and O–H groups in total. The van der Waals surface area contributed by atoms with E-state index in [9.17, 15) is 0 Å². The minimum Gasteiger partial charge on any atom is -0.390 e. The molecule has 126 valence electrons. The Hall–Kier alpha value is -3.46. The second-order valence-corrected chi connectivity index (χ2v) is 5.93. The van der Waals surface area contributed by atoms with Gasteiger partial charge in [-0.3, -0.25) is 4.98 Å². The molecule has 0 spiro atoms. The average Bonchev–Trinajstić information content (AvgIpc) is 2.72. The normalized spacial score (nSPS) is 11.5. The molecule has 4 aromatic rings. The molecule has 1 heterocycles. The highest BCUT2D eigenvalue weighted by Gasteiger charge is 2.09. The highest BCUT2D eigenvalue weighted by Crippen LogP contribution is 2.19. The van der Waals surface area contributed by atoms with Gasteiger partial charge in [-0.15, -0.1) is 0 Å². The van der Waals surface area contributed by atoms with E-state index in [1.54, 1.807) is 6.20 Å². The van der Waals surface area contributed by atoms with E-state index in [1.165, 1.54) is 10.8 Å². The number of aromatic nitrogens is 1. The highest BCUT2D eigenvalue weighted by molar-refractivity contribution is 6.11. The lowest BCUT2D eigenvalue weighted by Gasteiger charge is -2.08. The van der Waals surface area contributed by atoms with Crippen LogP contribution in [-0.4, -0.2) is 10.7 Å². The smallest absolute Gasteiger partial charge is 0.142 e. The van der Waals surface area contributed by atoms with Gasteiger partial charge < -0.3 is 4.84 Å². The topological polar surface area (TPSA) is 34.5 Å². The summed E-state index contributed by atoms with van der Waals surface area (Å²) in [6.45, 7) is 0.407. The number of fused-ring (bicyclic) bond motifs is 1. The largest absolute Gasteiger partial charge is 0.390 e. The molecule has 0 aliphatic carbocycles. The number of benzene rings is 3. The molecule has 0 aliphatic rings. The Labute approximate surface area is 152 Å². The quantitative estimate of drug-likeness (QED) is 0.370. The first kappa shape index (κ1) is 16.0. The molecule has 0 bridgehead atoms. The third kappa shape index (κ3) is 3.47. The van der Waals surface area contributed by atoms with Crippen LogP contribution in [0, 0.1) is 0 Å². The first-order chi connectivity index (χ1) is 12.9. The first-order valence-corrected chi connectivity index (χ1v) is 8.55. The zero-order chi connectivity index (χ0) is 17.6. The van der Waals surface area contributed by atoms with Crippen LogP contribution in [0.1, 0.15) is 16.8 Å². The van der Waals surface area contributed by atoms with E-state index in [1.807, 2.05) is 66.7 Å². The van der Waals surface area contributed by atoms with Crippen LogP contribution in [0.4, 0.5) is 0 Å². The summed E-state index contributed by atoms with van der Waals surface area (Å²) in [6.07, 6.45) is 1.76. The minimum atomic E-state index is 0.407. The monoisotopic (exact) mass is 338 g/mol. The molecule has 3 nitrogen and oxygen atoms in total. The summed E-state index contributed by atoms with van der Waals surface area (Å²) in [5.74, 6) is 0. The number of rotatable bonds is 5. The van der Waals surface area contributed by atoms with E-state index in [0.717, 1.165) is 22.5 Å². The fraction of sp³-hybridized carbons (Fsp3) is 0.0435. The molecule has 3 aromatic carbocycles.